The van der Waals surface area contributed by atoms with Gasteiger partial charge in [0, 0.05) is 19.3 Å². The molecule has 0 aliphatic heterocycles. The number of halogens is 4. The summed E-state index contributed by atoms with van der Waals surface area (Å²) in [7, 11) is 1.65. The lowest BCUT2D eigenvalue weighted by molar-refractivity contribution is -0.140. The molecule has 0 saturated carbocycles. The van der Waals surface area contributed by atoms with Crippen molar-refractivity contribution >= 4 is 11.7 Å². The minimum Gasteiger partial charge on any atom is -0.457 e. The topological polar surface area (TPSA) is 41.6 Å². The monoisotopic (exact) mass is 384 g/mol. The summed E-state index contributed by atoms with van der Waals surface area (Å²) >= 11 is 0. The number of ether oxygens (including phenoxy) is 1. The van der Waals surface area contributed by atoms with E-state index in [-0.39, 0.29) is 11.8 Å². The number of hydrogen-bond donors (Lipinski definition) is 1. The van der Waals surface area contributed by atoms with Crippen molar-refractivity contribution in [1.29, 1.82) is 0 Å². The van der Waals surface area contributed by atoms with E-state index in [4.69, 9.17) is 4.74 Å². The molecule has 2 aromatic rings. The van der Waals surface area contributed by atoms with E-state index in [1.54, 1.807) is 33.0 Å². The van der Waals surface area contributed by atoms with E-state index in [0.29, 0.717) is 35.2 Å². The molecule has 2 rings (SSSR count). The number of hydrogen-bond acceptors (Lipinski definition) is 2. The molecular weight excluding hydrogens is 364 g/mol. The molecule has 0 aromatic heterocycles. The molecule has 0 aliphatic rings. The standard InChI is InChI=1S/C19H20F4N2O2/c1-5-25(4)18(26)24-16-8-12(3)17(9-11(16)2)27-13-6-7-15(20)14(10-13)19(21,22)23/h6-10H,5H2,1-4H3,(H,24,26). The van der Waals surface area contributed by atoms with Crippen molar-refractivity contribution in [3.05, 3.63) is 52.8 Å². The van der Waals surface area contributed by atoms with Crippen LogP contribution in [0.2, 0.25) is 0 Å². The van der Waals surface area contributed by atoms with Gasteiger partial charge in [-0.3, -0.25) is 0 Å². The van der Waals surface area contributed by atoms with E-state index in [9.17, 15) is 22.4 Å². The number of nitrogens with zero attached hydrogens (tertiary/aromatic N) is 1. The van der Waals surface area contributed by atoms with Gasteiger partial charge in [-0.25, -0.2) is 9.18 Å². The number of carbonyl (C=O) groups is 1. The lowest BCUT2D eigenvalue weighted by Crippen LogP contribution is -2.31. The van der Waals surface area contributed by atoms with Crippen molar-refractivity contribution in [2.75, 3.05) is 18.9 Å². The second-order valence-electron chi connectivity index (χ2n) is 6.12. The highest BCUT2D eigenvalue weighted by atomic mass is 19.4. The first kappa shape index (κ1) is 20.5. The number of amides is 2. The molecule has 0 radical (unpaired) electrons. The third-order valence-corrected chi connectivity index (χ3v) is 4.06. The normalized spacial score (nSPS) is 11.3. The molecule has 146 valence electrons. The van der Waals surface area contributed by atoms with Gasteiger partial charge < -0.3 is 15.0 Å². The Morgan fingerprint density at radius 2 is 1.81 bits per heavy atom. The summed E-state index contributed by atoms with van der Waals surface area (Å²) < 4.78 is 57.4. The van der Waals surface area contributed by atoms with Crippen LogP contribution in [0.15, 0.2) is 30.3 Å². The number of rotatable bonds is 4. The second kappa shape index (κ2) is 7.85. The number of nitrogens with one attached hydrogen (secondary N) is 1. The summed E-state index contributed by atoms with van der Waals surface area (Å²) in [5.74, 6) is -1.18. The van der Waals surface area contributed by atoms with Gasteiger partial charge in [0.25, 0.3) is 0 Å². The van der Waals surface area contributed by atoms with E-state index in [1.807, 2.05) is 6.92 Å². The van der Waals surface area contributed by atoms with Crippen LogP contribution in [-0.2, 0) is 6.18 Å². The maximum absolute atomic E-state index is 13.4. The zero-order chi connectivity index (χ0) is 20.4. The number of carbonyl (C=O) groups excluding carboxylic acids is 1. The molecule has 0 bridgehead atoms. The fourth-order valence-corrected chi connectivity index (χ4v) is 2.30. The Balaban J connectivity index is 2.28. The number of urea groups is 1. The molecule has 0 aliphatic carbocycles. The van der Waals surface area contributed by atoms with Gasteiger partial charge in [-0.15, -0.1) is 0 Å². The molecule has 0 unspecified atom stereocenters. The van der Waals surface area contributed by atoms with E-state index < -0.39 is 17.6 Å². The average molecular weight is 384 g/mol. The lowest BCUT2D eigenvalue weighted by Gasteiger charge is -2.18. The van der Waals surface area contributed by atoms with Gasteiger partial charge in [0.15, 0.2) is 0 Å². The molecule has 0 spiro atoms. The smallest absolute Gasteiger partial charge is 0.419 e. The first-order chi connectivity index (χ1) is 12.5. The lowest BCUT2D eigenvalue weighted by atomic mass is 10.1. The fraction of sp³-hybridized carbons (Fsp3) is 0.316. The molecule has 2 aromatic carbocycles. The molecule has 0 saturated heterocycles. The minimum atomic E-state index is -4.81. The summed E-state index contributed by atoms with van der Waals surface area (Å²) in [6.45, 7) is 5.81. The predicted molar refractivity (Wildman–Crippen MR) is 94.7 cm³/mol. The fourth-order valence-electron chi connectivity index (χ4n) is 2.30. The molecule has 0 heterocycles. The SMILES string of the molecule is CCN(C)C(=O)Nc1cc(C)c(Oc2ccc(F)c(C(F)(F)F)c2)cc1C. The Hall–Kier alpha value is -2.77. The highest BCUT2D eigenvalue weighted by Gasteiger charge is 2.34. The molecule has 8 heteroatoms. The Morgan fingerprint density at radius 3 is 2.41 bits per heavy atom. The Morgan fingerprint density at radius 1 is 1.15 bits per heavy atom. The third-order valence-electron chi connectivity index (χ3n) is 4.06. The predicted octanol–water partition coefficient (Wildman–Crippen LogP) is 5.74. The third kappa shape index (κ3) is 4.90. The average Bonchev–Trinajstić information content (AvgIpc) is 2.59. The molecule has 1 N–H and O–H groups in total. The first-order valence-corrected chi connectivity index (χ1v) is 8.21. The summed E-state index contributed by atoms with van der Waals surface area (Å²) in [6, 6.07) is 5.46. The van der Waals surface area contributed by atoms with Crippen LogP contribution in [-0.4, -0.2) is 24.5 Å². The van der Waals surface area contributed by atoms with Crippen LogP contribution < -0.4 is 10.1 Å². The molecular formula is C19H20F4N2O2. The van der Waals surface area contributed by atoms with Crippen molar-refractivity contribution in [1.82, 2.24) is 4.90 Å². The zero-order valence-corrected chi connectivity index (χ0v) is 15.4. The molecule has 0 fully saturated rings. The van der Waals surface area contributed by atoms with Gasteiger partial charge in [-0.05, 0) is 62.2 Å². The van der Waals surface area contributed by atoms with E-state index in [0.717, 1.165) is 12.1 Å². The quantitative estimate of drug-likeness (QED) is 0.683. The van der Waals surface area contributed by atoms with Crippen molar-refractivity contribution in [3.63, 3.8) is 0 Å². The molecule has 4 nitrogen and oxygen atoms in total. The number of alkyl halides is 3. The Labute approximate surface area is 154 Å². The van der Waals surface area contributed by atoms with Gasteiger partial charge in [-0.1, -0.05) is 0 Å². The van der Waals surface area contributed by atoms with Gasteiger partial charge in [0.1, 0.15) is 17.3 Å². The van der Waals surface area contributed by atoms with Crippen LogP contribution >= 0.6 is 0 Å². The van der Waals surface area contributed by atoms with Gasteiger partial charge in [-0.2, -0.15) is 13.2 Å². The van der Waals surface area contributed by atoms with Gasteiger partial charge >= 0.3 is 12.2 Å². The maximum atomic E-state index is 13.4. The summed E-state index contributed by atoms with van der Waals surface area (Å²) in [6.07, 6.45) is -4.81. The van der Waals surface area contributed by atoms with Crippen LogP contribution in [0.25, 0.3) is 0 Å². The first-order valence-electron chi connectivity index (χ1n) is 8.21. The Kier molecular flexibility index (Phi) is 5.98. The van der Waals surface area contributed by atoms with Crippen molar-refractivity contribution in [3.8, 4) is 11.5 Å². The summed E-state index contributed by atoms with van der Waals surface area (Å²) in [5.41, 5.74) is 0.459. The largest absolute Gasteiger partial charge is 0.457 e. The van der Waals surface area contributed by atoms with Gasteiger partial charge in [0.2, 0.25) is 0 Å². The molecule has 2 amide bonds. The minimum absolute atomic E-state index is 0.131. The van der Waals surface area contributed by atoms with Crippen LogP contribution in [0.4, 0.5) is 28.0 Å². The summed E-state index contributed by atoms with van der Waals surface area (Å²) in [4.78, 5) is 13.5. The number of benzene rings is 2. The Bertz CT molecular complexity index is 850. The zero-order valence-electron chi connectivity index (χ0n) is 15.4. The van der Waals surface area contributed by atoms with Crippen LogP contribution in [0.5, 0.6) is 11.5 Å². The summed E-state index contributed by atoms with van der Waals surface area (Å²) in [5, 5.41) is 2.76. The van der Waals surface area contributed by atoms with Gasteiger partial charge in [0.05, 0.1) is 5.56 Å². The maximum Gasteiger partial charge on any atom is 0.419 e. The van der Waals surface area contributed by atoms with Crippen molar-refractivity contribution < 1.29 is 27.1 Å². The number of anilines is 1. The molecule has 27 heavy (non-hydrogen) atoms. The van der Waals surface area contributed by atoms with Crippen molar-refractivity contribution in [2.24, 2.45) is 0 Å². The van der Waals surface area contributed by atoms with E-state index in [1.165, 1.54) is 4.90 Å². The highest BCUT2D eigenvalue weighted by Crippen LogP contribution is 2.36. The van der Waals surface area contributed by atoms with Crippen LogP contribution in [0, 0.1) is 19.7 Å². The van der Waals surface area contributed by atoms with E-state index >= 15 is 0 Å². The number of aryl methyl sites for hydroxylation is 2. The molecule has 0 atom stereocenters. The second-order valence-corrected chi connectivity index (χ2v) is 6.12. The van der Waals surface area contributed by atoms with Crippen molar-refractivity contribution in [2.45, 2.75) is 26.9 Å². The van der Waals surface area contributed by atoms with Crippen LogP contribution in [0.1, 0.15) is 23.6 Å². The van der Waals surface area contributed by atoms with Crippen LogP contribution in [0.3, 0.4) is 0 Å². The highest BCUT2D eigenvalue weighted by molar-refractivity contribution is 5.90. The van der Waals surface area contributed by atoms with E-state index in [2.05, 4.69) is 5.32 Å².